The molecule has 0 aliphatic carbocycles. The minimum absolute atomic E-state index is 0.0498. The highest BCUT2D eigenvalue weighted by Crippen LogP contribution is 2.34. The van der Waals surface area contributed by atoms with Gasteiger partial charge in [0.05, 0.1) is 12.6 Å². The standard InChI is InChI=1S/C15H17F2NO5/c1-2-23-14(20)13(19)12-5-9(7-18(12)15(21)22)8-3-10(16)6-11(17)4-8/h3-4,6,9,12-13,19H,2,5,7H2,1H3,(H,21,22). The van der Waals surface area contributed by atoms with Crippen LogP contribution in [0.2, 0.25) is 0 Å². The molecule has 126 valence electrons. The summed E-state index contributed by atoms with van der Waals surface area (Å²) in [7, 11) is 0. The Hall–Kier alpha value is -2.22. The number of carboxylic acid groups (broad SMARTS) is 1. The Kier molecular flexibility index (Phi) is 5.15. The summed E-state index contributed by atoms with van der Waals surface area (Å²) in [5, 5.41) is 19.2. The van der Waals surface area contributed by atoms with Crippen molar-refractivity contribution < 1.29 is 33.3 Å². The van der Waals surface area contributed by atoms with Gasteiger partial charge in [0.1, 0.15) is 11.6 Å². The molecular weight excluding hydrogens is 312 g/mol. The Balaban J connectivity index is 2.23. The van der Waals surface area contributed by atoms with Crippen LogP contribution in [0.1, 0.15) is 24.8 Å². The van der Waals surface area contributed by atoms with Crippen molar-refractivity contribution in [1.82, 2.24) is 4.90 Å². The topological polar surface area (TPSA) is 87.1 Å². The Bertz CT molecular complexity index is 589. The smallest absolute Gasteiger partial charge is 0.407 e. The van der Waals surface area contributed by atoms with Gasteiger partial charge in [-0.25, -0.2) is 18.4 Å². The number of rotatable bonds is 4. The first-order valence-corrected chi connectivity index (χ1v) is 7.13. The number of carbonyl (C=O) groups excluding carboxylic acids is 1. The van der Waals surface area contributed by atoms with Crippen molar-refractivity contribution in [1.29, 1.82) is 0 Å². The van der Waals surface area contributed by atoms with Crippen LogP contribution in [0, 0.1) is 11.6 Å². The highest BCUT2D eigenvalue weighted by atomic mass is 19.1. The lowest BCUT2D eigenvalue weighted by Crippen LogP contribution is -2.46. The molecule has 0 spiro atoms. The van der Waals surface area contributed by atoms with Crippen LogP contribution in [0.3, 0.4) is 0 Å². The monoisotopic (exact) mass is 329 g/mol. The van der Waals surface area contributed by atoms with Crippen LogP contribution in [0.25, 0.3) is 0 Å². The largest absolute Gasteiger partial charge is 0.465 e. The van der Waals surface area contributed by atoms with E-state index in [2.05, 4.69) is 0 Å². The van der Waals surface area contributed by atoms with E-state index < -0.39 is 41.8 Å². The molecule has 0 bridgehead atoms. The first kappa shape index (κ1) is 17.1. The van der Waals surface area contributed by atoms with Crippen LogP contribution in [-0.2, 0) is 9.53 Å². The van der Waals surface area contributed by atoms with Gasteiger partial charge in [-0.15, -0.1) is 0 Å². The summed E-state index contributed by atoms with van der Waals surface area (Å²) in [4.78, 5) is 23.9. The van der Waals surface area contributed by atoms with E-state index in [1.807, 2.05) is 0 Å². The average Bonchev–Trinajstić information content (AvgIpc) is 2.91. The van der Waals surface area contributed by atoms with Gasteiger partial charge >= 0.3 is 12.1 Å². The molecule has 0 aromatic heterocycles. The second kappa shape index (κ2) is 6.91. The molecule has 23 heavy (non-hydrogen) atoms. The fraction of sp³-hybridized carbons (Fsp3) is 0.467. The Morgan fingerprint density at radius 2 is 1.96 bits per heavy atom. The van der Waals surface area contributed by atoms with Gasteiger partial charge in [-0.05, 0) is 31.0 Å². The molecule has 1 aromatic carbocycles. The van der Waals surface area contributed by atoms with Crippen molar-refractivity contribution in [2.75, 3.05) is 13.2 Å². The van der Waals surface area contributed by atoms with Crippen LogP contribution in [-0.4, -0.2) is 52.5 Å². The van der Waals surface area contributed by atoms with Gasteiger partial charge in [-0.3, -0.25) is 0 Å². The molecule has 6 nitrogen and oxygen atoms in total. The second-order valence-electron chi connectivity index (χ2n) is 5.33. The molecular formula is C15H17F2NO5. The van der Waals surface area contributed by atoms with Crippen LogP contribution in [0.15, 0.2) is 18.2 Å². The summed E-state index contributed by atoms with van der Waals surface area (Å²) in [5.74, 6) is -2.98. The number of nitrogens with zero attached hydrogens (tertiary/aromatic N) is 1. The third kappa shape index (κ3) is 3.76. The van der Waals surface area contributed by atoms with E-state index in [-0.39, 0.29) is 25.1 Å². The van der Waals surface area contributed by atoms with E-state index in [0.29, 0.717) is 0 Å². The lowest BCUT2D eigenvalue weighted by molar-refractivity contribution is -0.155. The van der Waals surface area contributed by atoms with Gasteiger partial charge in [-0.2, -0.15) is 0 Å². The normalized spacial score (nSPS) is 22.0. The maximum absolute atomic E-state index is 13.3. The number of hydrogen-bond acceptors (Lipinski definition) is 4. The molecule has 3 atom stereocenters. The molecule has 3 unspecified atom stereocenters. The Labute approximate surface area is 131 Å². The van der Waals surface area contributed by atoms with E-state index in [1.165, 1.54) is 0 Å². The number of esters is 1. The summed E-state index contributed by atoms with van der Waals surface area (Å²) in [6, 6.07) is 1.93. The van der Waals surface area contributed by atoms with E-state index >= 15 is 0 Å². The van der Waals surface area contributed by atoms with Gasteiger partial charge in [0.2, 0.25) is 0 Å². The second-order valence-corrected chi connectivity index (χ2v) is 5.33. The molecule has 0 saturated carbocycles. The number of likely N-dealkylation sites (tertiary alicyclic amines) is 1. The number of benzene rings is 1. The van der Waals surface area contributed by atoms with Gasteiger partial charge in [0, 0.05) is 18.5 Å². The summed E-state index contributed by atoms with van der Waals surface area (Å²) in [6.45, 7) is 1.54. The lowest BCUT2D eigenvalue weighted by atomic mass is 9.94. The number of ether oxygens (including phenoxy) is 1. The molecule has 1 aliphatic rings. The van der Waals surface area contributed by atoms with Gasteiger partial charge in [0.15, 0.2) is 6.10 Å². The number of halogens is 2. The SMILES string of the molecule is CCOC(=O)C(O)C1CC(c2cc(F)cc(F)c2)CN1C(=O)O. The van der Waals surface area contributed by atoms with Crippen molar-refractivity contribution in [3.63, 3.8) is 0 Å². The molecule has 2 rings (SSSR count). The first-order valence-electron chi connectivity index (χ1n) is 7.13. The highest BCUT2D eigenvalue weighted by Gasteiger charge is 2.43. The summed E-state index contributed by atoms with van der Waals surface area (Å²) < 4.78 is 31.4. The minimum Gasteiger partial charge on any atom is -0.465 e. The van der Waals surface area contributed by atoms with Crippen LogP contribution >= 0.6 is 0 Å². The molecule has 1 saturated heterocycles. The van der Waals surface area contributed by atoms with Crippen molar-refractivity contribution in [2.45, 2.75) is 31.4 Å². The quantitative estimate of drug-likeness (QED) is 0.822. The van der Waals surface area contributed by atoms with E-state index in [0.717, 1.165) is 23.1 Å². The maximum Gasteiger partial charge on any atom is 0.407 e. The van der Waals surface area contributed by atoms with E-state index in [9.17, 15) is 28.6 Å². The van der Waals surface area contributed by atoms with Crippen molar-refractivity contribution >= 4 is 12.1 Å². The summed E-state index contributed by atoms with van der Waals surface area (Å²) in [5.41, 5.74) is 0.285. The zero-order chi connectivity index (χ0) is 17.1. The fourth-order valence-corrected chi connectivity index (χ4v) is 2.82. The number of aliphatic hydroxyl groups excluding tert-OH is 1. The van der Waals surface area contributed by atoms with Gasteiger partial charge in [0.25, 0.3) is 0 Å². The minimum atomic E-state index is -1.64. The molecule has 2 N–H and O–H groups in total. The predicted octanol–water partition coefficient (Wildman–Crippen LogP) is 1.72. The van der Waals surface area contributed by atoms with E-state index in [4.69, 9.17) is 4.74 Å². The third-order valence-electron chi connectivity index (χ3n) is 3.84. The summed E-state index contributed by atoms with van der Waals surface area (Å²) >= 11 is 0. The number of amides is 1. The van der Waals surface area contributed by atoms with Crippen LogP contribution in [0.4, 0.5) is 13.6 Å². The number of aliphatic hydroxyl groups is 1. The van der Waals surface area contributed by atoms with Crippen molar-refractivity contribution in [3.05, 3.63) is 35.4 Å². The lowest BCUT2D eigenvalue weighted by Gasteiger charge is -2.24. The molecule has 1 fully saturated rings. The molecule has 1 heterocycles. The summed E-state index contributed by atoms with van der Waals surface area (Å²) in [6.07, 6.45) is -2.90. The van der Waals surface area contributed by atoms with Crippen molar-refractivity contribution in [2.24, 2.45) is 0 Å². The molecule has 1 aromatic rings. The van der Waals surface area contributed by atoms with E-state index in [1.54, 1.807) is 6.92 Å². The molecule has 8 heteroatoms. The zero-order valence-electron chi connectivity index (χ0n) is 12.4. The number of carbonyl (C=O) groups is 2. The van der Waals surface area contributed by atoms with Crippen LogP contribution < -0.4 is 0 Å². The highest BCUT2D eigenvalue weighted by molar-refractivity contribution is 5.77. The van der Waals surface area contributed by atoms with Gasteiger partial charge in [-0.1, -0.05) is 0 Å². The molecule has 0 radical (unpaired) electrons. The molecule has 1 amide bonds. The zero-order valence-corrected chi connectivity index (χ0v) is 12.4. The Morgan fingerprint density at radius 1 is 1.35 bits per heavy atom. The molecule has 1 aliphatic heterocycles. The maximum atomic E-state index is 13.3. The van der Waals surface area contributed by atoms with Gasteiger partial charge < -0.3 is 19.8 Å². The Morgan fingerprint density at radius 3 is 2.48 bits per heavy atom. The number of hydrogen-bond donors (Lipinski definition) is 2. The van der Waals surface area contributed by atoms with Crippen molar-refractivity contribution in [3.8, 4) is 0 Å². The predicted molar refractivity (Wildman–Crippen MR) is 74.9 cm³/mol. The average molecular weight is 329 g/mol. The first-order chi connectivity index (χ1) is 10.8. The fourth-order valence-electron chi connectivity index (χ4n) is 2.82. The third-order valence-corrected chi connectivity index (χ3v) is 3.84. The van der Waals surface area contributed by atoms with Crippen LogP contribution in [0.5, 0.6) is 0 Å².